The monoisotopic (exact) mass is 402 g/mol. The molecule has 4 atom stereocenters. The number of carbonyl (C=O) groups excluding carboxylic acids is 3. The molecule has 30 heavy (non-hydrogen) atoms. The number of para-hydroxylation sites is 1. The van der Waals surface area contributed by atoms with Crippen LogP contribution in [0.3, 0.4) is 0 Å². The molecule has 4 heterocycles. The topological polar surface area (TPSA) is 76.1 Å². The molecule has 7 heteroatoms. The van der Waals surface area contributed by atoms with Crippen LogP contribution in [0.5, 0.6) is 11.5 Å². The standard InChI is InChI=1S/C23H18N2O5/c1-12(26)21-20-19(16-8-6-13-4-2-3-5-15(13)25(16)21)22(27)24(23(20)28)14-7-9-17-18(10-14)30-11-29-17/h2-10,16,19-21H,11H2,1H3. The molecule has 2 fully saturated rings. The van der Waals surface area contributed by atoms with E-state index in [2.05, 4.69) is 0 Å². The normalized spacial score (nSPS) is 27.9. The molecule has 4 unspecified atom stereocenters. The van der Waals surface area contributed by atoms with Crippen LogP contribution in [-0.2, 0) is 14.4 Å². The predicted octanol–water partition coefficient (Wildman–Crippen LogP) is 2.39. The summed E-state index contributed by atoms with van der Waals surface area (Å²) in [6.45, 7) is 1.60. The lowest BCUT2D eigenvalue weighted by Gasteiger charge is -2.36. The Balaban J connectivity index is 1.45. The average molecular weight is 402 g/mol. The molecule has 2 amide bonds. The maximum absolute atomic E-state index is 13.5. The molecule has 4 aliphatic heterocycles. The number of ether oxygens (including phenoxy) is 2. The SMILES string of the molecule is CC(=O)C1C2C(=O)N(c3ccc4c(c3)OCO4)C(=O)C2C2C=Cc3ccccc3N21. The van der Waals surface area contributed by atoms with E-state index in [-0.39, 0.29) is 30.4 Å². The largest absolute Gasteiger partial charge is 0.454 e. The maximum Gasteiger partial charge on any atom is 0.240 e. The summed E-state index contributed by atoms with van der Waals surface area (Å²) in [6.07, 6.45) is 3.91. The first-order valence-electron chi connectivity index (χ1n) is 9.90. The number of hydrogen-bond acceptors (Lipinski definition) is 6. The molecule has 4 aliphatic rings. The van der Waals surface area contributed by atoms with Gasteiger partial charge in [0.2, 0.25) is 18.6 Å². The summed E-state index contributed by atoms with van der Waals surface area (Å²) in [5.74, 6) is -0.996. The summed E-state index contributed by atoms with van der Waals surface area (Å²) >= 11 is 0. The van der Waals surface area contributed by atoms with Gasteiger partial charge in [0.15, 0.2) is 17.3 Å². The number of hydrogen-bond donors (Lipinski definition) is 0. The molecule has 2 aromatic rings. The van der Waals surface area contributed by atoms with E-state index in [4.69, 9.17) is 9.47 Å². The Morgan fingerprint density at radius 2 is 1.77 bits per heavy atom. The van der Waals surface area contributed by atoms with Gasteiger partial charge >= 0.3 is 0 Å². The van der Waals surface area contributed by atoms with E-state index in [9.17, 15) is 14.4 Å². The number of nitrogens with zero attached hydrogens (tertiary/aromatic N) is 2. The maximum atomic E-state index is 13.5. The highest BCUT2D eigenvalue weighted by Crippen LogP contribution is 2.49. The number of rotatable bonds is 2. The van der Waals surface area contributed by atoms with Gasteiger partial charge in [0.05, 0.1) is 23.6 Å². The molecule has 150 valence electrons. The van der Waals surface area contributed by atoms with Gasteiger partial charge in [-0.2, -0.15) is 0 Å². The lowest BCUT2D eigenvalue weighted by Crippen LogP contribution is -2.48. The zero-order valence-electron chi connectivity index (χ0n) is 16.1. The Kier molecular flexibility index (Phi) is 3.42. The highest BCUT2D eigenvalue weighted by molar-refractivity contribution is 6.25. The van der Waals surface area contributed by atoms with Crippen LogP contribution < -0.4 is 19.3 Å². The van der Waals surface area contributed by atoms with Crippen molar-refractivity contribution in [1.82, 2.24) is 0 Å². The number of benzene rings is 2. The van der Waals surface area contributed by atoms with Crippen LogP contribution in [0, 0.1) is 11.8 Å². The Morgan fingerprint density at radius 3 is 2.60 bits per heavy atom. The van der Waals surface area contributed by atoms with Crippen LogP contribution >= 0.6 is 0 Å². The van der Waals surface area contributed by atoms with Crippen molar-refractivity contribution < 1.29 is 23.9 Å². The van der Waals surface area contributed by atoms with E-state index < -0.39 is 17.9 Å². The highest BCUT2D eigenvalue weighted by Gasteiger charge is 2.63. The first-order valence-corrected chi connectivity index (χ1v) is 9.90. The molecule has 0 radical (unpaired) electrons. The van der Waals surface area contributed by atoms with Gasteiger partial charge < -0.3 is 14.4 Å². The van der Waals surface area contributed by atoms with Gasteiger partial charge in [-0.05, 0) is 30.7 Å². The van der Waals surface area contributed by atoms with E-state index >= 15 is 0 Å². The Morgan fingerprint density at radius 1 is 1.00 bits per heavy atom. The fourth-order valence-corrected chi connectivity index (χ4v) is 5.25. The molecule has 0 spiro atoms. The molecule has 6 rings (SSSR count). The minimum absolute atomic E-state index is 0.111. The lowest BCUT2D eigenvalue weighted by molar-refractivity contribution is -0.126. The van der Waals surface area contributed by atoms with E-state index in [0.29, 0.717) is 17.2 Å². The fourth-order valence-electron chi connectivity index (χ4n) is 5.25. The summed E-state index contributed by atoms with van der Waals surface area (Å²) < 4.78 is 10.7. The lowest BCUT2D eigenvalue weighted by atomic mass is 9.88. The summed E-state index contributed by atoms with van der Waals surface area (Å²) in [7, 11) is 0. The number of carbonyl (C=O) groups is 3. The first kappa shape index (κ1) is 17.3. The molecule has 2 saturated heterocycles. The van der Waals surface area contributed by atoms with Crippen molar-refractivity contribution in [1.29, 1.82) is 0 Å². The van der Waals surface area contributed by atoms with Crippen LogP contribution in [0.2, 0.25) is 0 Å². The molecular formula is C23H18N2O5. The van der Waals surface area contributed by atoms with Crippen molar-refractivity contribution in [3.63, 3.8) is 0 Å². The number of ketones is 1. The van der Waals surface area contributed by atoms with E-state index in [1.165, 1.54) is 11.8 Å². The molecule has 0 aromatic heterocycles. The van der Waals surface area contributed by atoms with Crippen LogP contribution in [0.25, 0.3) is 6.08 Å². The second-order valence-electron chi connectivity index (χ2n) is 7.97. The minimum Gasteiger partial charge on any atom is -0.454 e. The molecule has 0 N–H and O–H groups in total. The summed E-state index contributed by atoms with van der Waals surface area (Å²) in [5, 5.41) is 0. The Hall–Kier alpha value is -3.61. The zero-order chi connectivity index (χ0) is 20.6. The first-order chi connectivity index (χ1) is 14.6. The van der Waals surface area contributed by atoms with Gasteiger partial charge in [0.1, 0.15) is 6.04 Å². The molecule has 0 aliphatic carbocycles. The van der Waals surface area contributed by atoms with Crippen molar-refractivity contribution >= 4 is 35.0 Å². The minimum atomic E-state index is -0.721. The second kappa shape index (κ2) is 5.95. The van der Waals surface area contributed by atoms with Gasteiger partial charge in [0, 0.05) is 11.8 Å². The zero-order valence-corrected chi connectivity index (χ0v) is 16.1. The second-order valence-corrected chi connectivity index (χ2v) is 7.97. The Bertz CT molecular complexity index is 1160. The molecule has 2 aromatic carbocycles. The number of anilines is 2. The fraction of sp³-hybridized carbons (Fsp3) is 0.261. The van der Waals surface area contributed by atoms with Gasteiger partial charge in [-0.1, -0.05) is 30.4 Å². The summed E-state index contributed by atoms with van der Waals surface area (Å²) in [5.41, 5.74) is 2.31. The van der Waals surface area contributed by atoms with Crippen LogP contribution in [0.15, 0.2) is 48.5 Å². The molecular weight excluding hydrogens is 384 g/mol. The molecule has 0 bridgehead atoms. The van der Waals surface area contributed by atoms with Crippen molar-refractivity contribution in [2.24, 2.45) is 11.8 Å². The third-order valence-corrected chi connectivity index (χ3v) is 6.45. The molecule has 7 nitrogen and oxygen atoms in total. The van der Waals surface area contributed by atoms with E-state index in [1.807, 2.05) is 41.3 Å². The van der Waals surface area contributed by atoms with E-state index in [0.717, 1.165) is 11.3 Å². The van der Waals surface area contributed by atoms with Crippen molar-refractivity contribution in [2.75, 3.05) is 16.6 Å². The quantitative estimate of drug-likeness (QED) is 0.718. The van der Waals surface area contributed by atoms with Gasteiger partial charge in [-0.3, -0.25) is 14.4 Å². The predicted molar refractivity (Wildman–Crippen MR) is 108 cm³/mol. The van der Waals surface area contributed by atoms with Crippen LogP contribution in [-0.4, -0.2) is 36.5 Å². The number of imide groups is 1. The van der Waals surface area contributed by atoms with Crippen molar-refractivity contribution in [3.05, 3.63) is 54.1 Å². The highest BCUT2D eigenvalue weighted by atomic mass is 16.7. The van der Waals surface area contributed by atoms with Gasteiger partial charge in [0.25, 0.3) is 0 Å². The van der Waals surface area contributed by atoms with Crippen LogP contribution in [0.4, 0.5) is 11.4 Å². The third-order valence-electron chi connectivity index (χ3n) is 6.45. The van der Waals surface area contributed by atoms with Crippen molar-refractivity contribution in [3.8, 4) is 11.5 Å². The smallest absolute Gasteiger partial charge is 0.240 e. The van der Waals surface area contributed by atoms with Crippen molar-refractivity contribution in [2.45, 2.75) is 19.0 Å². The molecule has 0 saturated carbocycles. The van der Waals surface area contributed by atoms with Crippen LogP contribution in [0.1, 0.15) is 12.5 Å². The number of fused-ring (bicyclic) bond motifs is 6. The number of amides is 2. The summed E-state index contributed by atoms with van der Waals surface area (Å²) in [4.78, 5) is 42.9. The van der Waals surface area contributed by atoms with E-state index in [1.54, 1.807) is 18.2 Å². The Labute approximate surface area is 172 Å². The third kappa shape index (κ3) is 2.12. The summed E-state index contributed by atoms with van der Waals surface area (Å²) in [6, 6.07) is 11.7. The van der Waals surface area contributed by atoms with Gasteiger partial charge in [-0.25, -0.2) is 4.90 Å². The average Bonchev–Trinajstić information content (AvgIpc) is 3.41. The van der Waals surface area contributed by atoms with Gasteiger partial charge in [-0.15, -0.1) is 0 Å². The number of Topliss-reactive ketones (excluding diaryl/α,β-unsaturated/α-hetero) is 1.